The van der Waals surface area contributed by atoms with Crippen molar-refractivity contribution in [2.24, 2.45) is 11.7 Å². The van der Waals surface area contributed by atoms with Gasteiger partial charge in [-0.1, -0.05) is 18.2 Å². The summed E-state index contributed by atoms with van der Waals surface area (Å²) in [5.74, 6) is -1.15. The number of rotatable bonds is 4. The van der Waals surface area contributed by atoms with Gasteiger partial charge in [0.05, 0.1) is 18.6 Å². The monoisotopic (exact) mass is 261 g/mol. The smallest absolute Gasteiger partial charge is 0.416 e. The quantitative estimate of drug-likeness (QED) is 0.843. The molecule has 6 heteroatoms. The molecule has 1 aromatic carbocycles. The van der Waals surface area contributed by atoms with Gasteiger partial charge in [0.1, 0.15) is 0 Å². The fourth-order valence-corrected chi connectivity index (χ4v) is 1.59. The lowest BCUT2D eigenvalue weighted by atomic mass is 9.98. The second kappa shape index (κ2) is 5.86. The summed E-state index contributed by atoms with van der Waals surface area (Å²) >= 11 is 0. The Morgan fingerprint density at radius 1 is 1.44 bits per heavy atom. The van der Waals surface area contributed by atoms with Crippen molar-refractivity contribution >= 4 is 5.97 Å². The molecule has 3 nitrogen and oxygen atoms in total. The van der Waals surface area contributed by atoms with Gasteiger partial charge in [-0.05, 0) is 18.1 Å². The highest BCUT2D eigenvalue weighted by Gasteiger charge is 2.30. The molecule has 0 bridgehead atoms. The molecule has 18 heavy (non-hydrogen) atoms. The van der Waals surface area contributed by atoms with Crippen LogP contribution in [0, 0.1) is 5.92 Å². The Labute approximate surface area is 103 Å². The predicted octanol–water partition coefficient (Wildman–Crippen LogP) is 2.00. The topological polar surface area (TPSA) is 52.3 Å². The van der Waals surface area contributed by atoms with E-state index in [4.69, 9.17) is 5.73 Å². The zero-order valence-corrected chi connectivity index (χ0v) is 9.83. The summed E-state index contributed by atoms with van der Waals surface area (Å²) in [6, 6.07) is 4.84. The zero-order chi connectivity index (χ0) is 13.8. The maximum atomic E-state index is 12.5. The zero-order valence-electron chi connectivity index (χ0n) is 9.83. The first-order valence-electron chi connectivity index (χ1n) is 5.32. The molecule has 2 N–H and O–H groups in total. The molecule has 100 valence electrons. The third-order valence-electron chi connectivity index (χ3n) is 2.56. The number of ether oxygens (including phenoxy) is 1. The summed E-state index contributed by atoms with van der Waals surface area (Å²) in [6.45, 7) is 0.0307. The fraction of sp³-hybridized carbons (Fsp3) is 0.417. The van der Waals surface area contributed by atoms with Crippen LogP contribution in [0.5, 0.6) is 0 Å². The van der Waals surface area contributed by atoms with E-state index in [2.05, 4.69) is 4.74 Å². The van der Waals surface area contributed by atoms with Crippen molar-refractivity contribution in [3.05, 3.63) is 35.4 Å². The average Bonchev–Trinajstić information content (AvgIpc) is 2.34. The van der Waals surface area contributed by atoms with Gasteiger partial charge in [0.15, 0.2) is 0 Å². The molecular weight excluding hydrogens is 247 g/mol. The van der Waals surface area contributed by atoms with Crippen LogP contribution in [0.25, 0.3) is 0 Å². The molecule has 0 fully saturated rings. The number of halogens is 3. The van der Waals surface area contributed by atoms with E-state index in [1.165, 1.54) is 19.2 Å². The lowest BCUT2D eigenvalue weighted by molar-refractivity contribution is -0.145. The Bertz CT molecular complexity index is 418. The molecule has 0 spiro atoms. The van der Waals surface area contributed by atoms with Crippen LogP contribution in [0.3, 0.4) is 0 Å². The van der Waals surface area contributed by atoms with Crippen LogP contribution in [0.2, 0.25) is 0 Å². The SMILES string of the molecule is COC(=O)C(CN)Cc1cccc(C(F)(F)F)c1. The number of hydrogen-bond donors (Lipinski definition) is 1. The van der Waals surface area contributed by atoms with Crippen LogP contribution < -0.4 is 5.73 Å². The van der Waals surface area contributed by atoms with Gasteiger partial charge in [0.2, 0.25) is 0 Å². The Balaban J connectivity index is 2.88. The number of carbonyl (C=O) groups excluding carboxylic acids is 1. The maximum Gasteiger partial charge on any atom is 0.416 e. The van der Waals surface area contributed by atoms with Crippen LogP contribution >= 0.6 is 0 Å². The number of carbonyl (C=O) groups is 1. The van der Waals surface area contributed by atoms with Gasteiger partial charge in [-0.15, -0.1) is 0 Å². The minimum Gasteiger partial charge on any atom is -0.469 e. The summed E-state index contributed by atoms with van der Waals surface area (Å²) in [5.41, 5.74) is 5.07. The van der Waals surface area contributed by atoms with E-state index in [1.807, 2.05) is 0 Å². The number of hydrogen-bond acceptors (Lipinski definition) is 3. The standard InChI is InChI=1S/C12H14F3NO2/c1-18-11(17)9(7-16)5-8-3-2-4-10(6-8)12(13,14)15/h2-4,6,9H,5,7,16H2,1H3. The number of methoxy groups -OCH3 is 1. The summed E-state index contributed by atoms with van der Waals surface area (Å²) in [6.07, 6.45) is -4.26. The van der Waals surface area contributed by atoms with Crippen LogP contribution in [0.4, 0.5) is 13.2 Å². The molecule has 0 saturated carbocycles. The Hall–Kier alpha value is -1.56. The van der Waals surface area contributed by atoms with E-state index in [9.17, 15) is 18.0 Å². The summed E-state index contributed by atoms with van der Waals surface area (Å²) in [4.78, 5) is 11.3. The Morgan fingerprint density at radius 3 is 2.61 bits per heavy atom. The van der Waals surface area contributed by atoms with E-state index in [0.717, 1.165) is 12.1 Å². The van der Waals surface area contributed by atoms with E-state index >= 15 is 0 Å². The molecule has 0 saturated heterocycles. The molecular formula is C12H14F3NO2. The van der Waals surface area contributed by atoms with E-state index in [1.54, 1.807) is 0 Å². The highest BCUT2D eigenvalue weighted by atomic mass is 19.4. The summed E-state index contributed by atoms with van der Waals surface area (Å²) < 4.78 is 42.0. The van der Waals surface area contributed by atoms with Gasteiger partial charge in [-0.2, -0.15) is 13.2 Å². The van der Waals surface area contributed by atoms with Crippen molar-refractivity contribution in [2.75, 3.05) is 13.7 Å². The first-order valence-corrected chi connectivity index (χ1v) is 5.32. The van der Waals surface area contributed by atoms with Crippen LogP contribution in [0.1, 0.15) is 11.1 Å². The fourth-order valence-electron chi connectivity index (χ4n) is 1.59. The minimum atomic E-state index is -4.39. The van der Waals surface area contributed by atoms with E-state index in [0.29, 0.717) is 5.56 Å². The number of nitrogens with two attached hydrogens (primary N) is 1. The molecule has 1 rings (SSSR count). The minimum absolute atomic E-state index is 0.0307. The summed E-state index contributed by atoms with van der Waals surface area (Å²) in [7, 11) is 1.22. The molecule has 0 heterocycles. The second-order valence-electron chi connectivity index (χ2n) is 3.86. The van der Waals surface area contributed by atoms with Crippen molar-refractivity contribution in [1.82, 2.24) is 0 Å². The highest BCUT2D eigenvalue weighted by molar-refractivity contribution is 5.72. The van der Waals surface area contributed by atoms with E-state index < -0.39 is 23.6 Å². The van der Waals surface area contributed by atoms with Crippen LogP contribution in [-0.4, -0.2) is 19.6 Å². The number of alkyl halides is 3. The van der Waals surface area contributed by atoms with Crippen molar-refractivity contribution in [3.63, 3.8) is 0 Å². The third kappa shape index (κ3) is 3.73. The first-order chi connectivity index (χ1) is 8.38. The lowest BCUT2D eigenvalue weighted by Gasteiger charge is -2.13. The largest absolute Gasteiger partial charge is 0.469 e. The van der Waals surface area contributed by atoms with Crippen LogP contribution in [0.15, 0.2) is 24.3 Å². The van der Waals surface area contributed by atoms with Crippen molar-refractivity contribution in [2.45, 2.75) is 12.6 Å². The lowest BCUT2D eigenvalue weighted by Crippen LogP contribution is -2.26. The van der Waals surface area contributed by atoms with E-state index in [-0.39, 0.29) is 13.0 Å². The van der Waals surface area contributed by atoms with Gasteiger partial charge < -0.3 is 10.5 Å². The molecule has 0 radical (unpaired) electrons. The molecule has 0 aliphatic rings. The Kier molecular flexibility index (Phi) is 4.72. The van der Waals surface area contributed by atoms with Gasteiger partial charge in [-0.3, -0.25) is 4.79 Å². The number of benzene rings is 1. The molecule has 0 aliphatic carbocycles. The number of esters is 1. The van der Waals surface area contributed by atoms with Gasteiger partial charge in [0, 0.05) is 6.54 Å². The Morgan fingerprint density at radius 2 is 2.11 bits per heavy atom. The molecule has 0 amide bonds. The molecule has 0 aliphatic heterocycles. The van der Waals surface area contributed by atoms with Crippen molar-refractivity contribution in [1.29, 1.82) is 0 Å². The van der Waals surface area contributed by atoms with Gasteiger partial charge in [0.25, 0.3) is 0 Å². The normalized spacial score (nSPS) is 13.2. The third-order valence-corrected chi connectivity index (χ3v) is 2.56. The average molecular weight is 261 g/mol. The summed E-state index contributed by atoms with van der Waals surface area (Å²) in [5, 5.41) is 0. The van der Waals surface area contributed by atoms with Crippen molar-refractivity contribution in [3.8, 4) is 0 Å². The van der Waals surface area contributed by atoms with Gasteiger partial charge >= 0.3 is 12.1 Å². The highest BCUT2D eigenvalue weighted by Crippen LogP contribution is 2.29. The maximum absolute atomic E-state index is 12.5. The molecule has 1 aromatic rings. The molecule has 1 atom stereocenters. The molecule has 1 unspecified atom stereocenters. The molecule has 0 aromatic heterocycles. The van der Waals surface area contributed by atoms with Gasteiger partial charge in [-0.25, -0.2) is 0 Å². The van der Waals surface area contributed by atoms with Crippen LogP contribution in [-0.2, 0) is 22.1 Å². The van der Waals surface area contributed by atoms with Crippen molar-refractivity contribution < 1.29 is 22.7 Å². The predicted molar refractivity (Wildman–Crippen MR) is 59.7 cm³/mol. The first kappa shape index (κ1) is 14.5. The second-order valence-corrected chi connectivity index (χ2v) is 3.86.